The Morgan fingerprint density at radius 1 is 1.43 bits per heavy atom. The van der Waals surface area contributed by atoms with Gasteiger partial charge in [0.1, 0.15) is 0 Å². The molecule has 0 fully saturated rings. The maximum Gasteiger partial charge on any atom is 0.233 e. The summed E-state index contributed by atoms with van der Waals surface area (Å²) in [6.45, 7) is 4.24. The number of carbonyl (C=O) groups is 1. The average Bonchev–Trinajstić information content (AvgIpc) is 3.11. The zero-order chi connectivity index (χ0) is 14.6. The summed E-state index contributed by atoms with van der Waals surface area (Å²) in [7, 11) is 0. The fourth-order valence-electron chi connectivity index (χ4n) is 1.96. The van der Waals surface area contributed by atoms with Crippen LogP contribution in [0.15, 0.2) is 22.8 Å². The van der Waals surface area contributed by atoms with Gasteiger partial charge in [0.2, 0.25) is 11.0 Å². The minimum Gasteiger partial charge on any atom is -0.462 e. The molecule has 116 valence electrons. The summed E-state index contributed by atoms with van der Waals surface area (Å²) in [6.07, 6.45) is 2.95. The van der Waals surface area contributed by atoms with Crippen LogP contribution in [0.5, 0.6) is 0 Å². The number of halogens is 1. The van der Waals surface area contributed by atoms with Crippen molar-refractivity contribution in [3.63, 3.8) is 0 Å². The zero-order valence-electron chi connectivity index (χ0n) is 12.0. The van der Waals surface area contributed by atoms with Crippen LogP contribution >= 0.6 is 23.7 Å². The van der Waals surface area contributed by atoms with E-state index in [1.165, 1.54) is 11.3 Å². The molecule has 0 aromatic carbocycles. The Morgan fingerprint density at radius 3 is 2.67 bits per heavy atom. The van der Waals surface area contributed by atoms with E-state index in [9.17, 15) is 4.79 Å². The van der Waals surface area contributed by atoms with Crippen LogP contribution in [0.4, 0.5) is 5.13 Å². The number of nitrogens with one attached hydrogen (secondary N) is 1. The van der Waals surface area contributed by atoms with Gasteiger partial charge in [0.25, 0.3) is 0 Å². The molecule has 2 aromatic heterocycles. The van der Waals surface area contributed by atoms with Gasteiger partial charge < -0.3 is 10.2 Å². The SMILES string of the molecule is CCC(CC)(CN)C(=O)Nc1nnc(-c2ccco2)s1.Cl. The molecule has 0 spiro atoms. The fraction of sp³-hybridized carbons (Fsp3) is 0.462. The molecule has 2 aromatic rings. The van der Waals surface area contributed by atoms with E-state index in [1.807, 2.05) is 13.8 Å². The van der Waals surface area contributed by atoms with Gasteiger partial charge in [-0.3, -0.25) is 10.1 Å². The van der Waals surface area contributed by atoms with Crippen LogP contribution in [-0.2, 0) is 4.79 Å². The first-order valence-electron chi connectivity index (χ1n) is 6.54. The van der Waals surface area contributed by atoms with Gasteiger partial charge in [-0.1, -0.05) is 25.2 Å². The van der Waals surface area contributed by atoms with E-state index in [0.29, 0.717) is 35.3 Å². The quantitative estimate of drug-likeness (QED) is 0.849. The molecule has 3 N–H and O–H groups in total. The third kappa shape index (κ3) is 3.61. The molecule has 21 heavy (non-hydrogen) atoms. The molecule has 6 nitrogen and oxygen atoms in total. The highest BCUT2D eigenvalue weighted by Crippen LogP contribution is 2.30. The van der Waals surface area contributed by atoms with Gasteiger partial charge in [-0.15, -0.1) is 22.6 Å². The predicted molar refractivity (Wildman–Crippen MR) is 85.6 cm³/mol. The highest BCUT2D eigenvalue weighted by Gasteiger charge is 2.34. The third-order valence-electron chi connectivity index (χ3n) is 3.60. The van der Waals surface area contributed by atoms with Crippen LogP contribution in [-0.4, -0.2) is 22.6 Å². The molecular formula is C13H19ClN4O2S. The first-order valence-corrected chi connectivity index (χ1v) is 7.35. The molecule has 0 aliphatic rings. The number of aromatic nitrogens is 2. The van der Waals surface area contributed by atoms with Gasteiger partial charge in [0, 0.05) is 6.54 Å². The second-order valence-electron chi connectivity index (χ2n) is 4.54. The smallest absolute Gasteiger partial charge is 0.233 e. The number of hydrogen-bond acceptors (Lipinski definition) is 6. The summed E-state index contributed by atoms with van der Waals surface area (Å²) < 4.78 is 5.24. The van der Waals surface area contributed by atoms with Crippen molar-refractivity contribution in [2.75, 3.05) is 11.9 Å². The van der Waals surface area contributed by atoms with E-state index in [-0.39, 0.29) is 18.3 Å². The van der Waals surface area contributed by atoms with Crippen molar-refractivity contribution < 1.29 is 9.21 Å². The van der Waals surface area contributed by atoms with Crippen molar-refractivity contribution in [3.8, 4) is 10.8 Å². The summed E-state index contributed by atoms with van der Waals surface area (Å²) in [5, 5.41) is 11.9. The molecule has 2 heterocycles. The van der Waals surface area contributed by atoms with Crippen LogP contribution in [0, 0.1) is 5.41 Å². The standard InChI is InChI=1S/C13H18N4O2S.ClH/c1-3-13(4-2,8-14)11(18)15-12-17-16-10(20-12)9-6-5-7-19-9;/h5-7H,3-4,8,14H2,1-2H3,(H,15,17,18);1H. The Kier molecular flexibility index (Phi) is 6.32. The topological polar surface area (TPSA) is 94.0 Å². The van der Waals surface area contributed by atoms with Gasteiger partial charge in [-0.25, -0.2) is 0 Å². The lowest BCUT2D eigenvalue weighted by molar-refractivity contribution is -0.125. The Morgan fingerprint density at radius 2 is 2.14 bits per heavy atom. The second-order valence-corrected chi connectivity index (χ2v) is 5.51. The van der Waals surface area contributed by atoms with E-state index in [2.05, 4.69) is 15.5 Å². The number of furan rings is 1. The number of amides is 1. The van der Waals surface area contributed by atoms with Crippen LogP contribution in [0.2, 0.25) is 0 Å². The number of hydrogen-bond donors (Lipinski definition) is 2. The monoisotopic (exact) mass is 330 g/mol. The lowest BCUT2D eigenvalue weighted by atomic mass is 9.81. The highest BCUT2D eigenvalue weighted by molar-refractivity contribution is 7.18. The van der Waals surface area contributed by atoms with Crippen LogP contribution in [0.1, 0.15) is 26.7 Å². The summed E-state index contributed by atoms with van der Waals surface area (Å²) in [4.78, 5) is 12.3. The number of carbonyl (C=O) groups excluding carboxylic acids is 1. The molecule has 8 heteroatoms. The van der Waals surface area contributed by atoms with Gasteiger partial charge in [0.15, 0.2) is 10.8 Å². The second kappa shape index (κ2) is 7.53. The molecule has 0 saturated carbocycles. The molecule has 0 aliphatic heterocycles. The number of nitrogens with zero attached hydrogens (tertiary/aromatic N) is 2. The van der Waals surface area contributed by atoms with Crippen LogP contribution < -0.4 is 11.1 Å². The molecule has 0 atom stereocenters. The Labute approximate surface area is 133 Å². The summed E-state index contributed by atoms with van der Waals surface area (Å²) in [5.74, 6) is 0.534. The van der Waals surface area contributed by atoms with Gasteiger partial charge in [-0.2, -0.15) is 0 Å². The van der Waals surface area contributed by atoms with Crippen molar-refractivity contribution >= 4 is 34.8 Å². The van der Waals surface area contributed by atoms with Crippen molar-refractivity contribution in [1.29, 1.82) is 0 Å². The molecule has 0 radical (unpaired) electrons. The van der Waals surface area contributed by atoms with Gasteiger partial charge in [-0.05, 0) is 25.0 Å². The number of rotatable bonds is 6. The minimum absolute atomic E-state index is 0. The molecule has 0 unspecified atom stereocenters. The molecular weight excluding hydrogens is 312 g/mol. The first-order chi connectivity index (χ1) is 9.65. The molecule has 2 rings (SSSR count). The van der Waals surface area contributed by atoms with Crippen molar-refractivity contribution in [2.45, 2.75) is 26.7 Å². The molecule has 0 bridgehead atoms. The van der Waals surface area contributed by atoms with E-state index in [0.717, 1.165) is 0 Å². The summed E-state index contributed by atoms with van der Waals surface area (Å²) >= 11 is 1.28. The number of nitrogens with two attached hydrogens (primary N) is 1. The van der Waals surface area contributed by atoms with E-state index in [1.54, 1.807) is 18.4 Å². The summed E-state index contributed by atoms with van der Waals surface area (Å²) in [5.41, 5.74) is 5.21. The maximum atomic E-state index is 12.3. The Balaban J connectivity index is 0.00000220. The minimum atomic E-state index is -0.545. The predicted octanol–water partition coefficient (Wildman–Crippen LogP) is 2.92. The molecule has 0 saturated heterocycles. The van der Waals surface area contributed by atoms with Crippen LogP contribution in [0.25, 0.3) is 10.8 Å². The van der Waals surface area contributed by atoms with Gasteiger partial charge in [0.05, 0.1) is 11.7 Å². The summed E-state index contributed by atoms with van der Waals surface area (Å²) in [6, 6.07) is 3.58. The van der Waals surface area contributed by atoms with E-state index in [4.69, 9.17) is 10.2 Å². The molecule has 0 aliphatic carbocycles. The fourth-order valence-corrected chi connectivity index (χ4v) is 2.66. The first kappa shape index (κ1) is 17.6. The van der Waals surface area contributed by atoms with Crippen LogP contribution in [0.3, 0.4) is 0 Å². The Hall–Kier alpha value is -1.44. The zero-order valence-corrected chi connectivity index (χ0v) is 13.6. The highest BCUT2D eigenvalue weighted by atomic mass is 35.5. The maximum absolute atomic E-state index is 12.3. The van der Waals surface area contributed by atoms with Gasteiger partial charge >= 0.3 is 0 Å². The third-order valence-corrected chi connectivity index (χ3v) is 4.46. The lowest BCUT2D eigenvalue weighted by Gasteiger charge is -2.27. The Bertz CT molecular complexity index is 558. The van der Waals surface area contributed by atoms with Crippen molar-refractivity contribution in [3.05, 3.63) is 18.4 Å². The average molecular weight is 331 g/mol. The van der Waals surface area contributed by atoms with E-state index >= 15 is 0 Å². The largest absolute Gasteiger partial charge is 0.462 e. The van der Waals surface area contributed by atoms with E-state index < -0.39 is 5.41 Å². The normalized spacial score (nSPS) is 11.0. The van der Waals surface area contributed by atoms with Crippen molar-refractivity contribution in [2.24, 2.45) is 11.1 Å². The number of anilines is 1. The molecule has 1 amide bonds. The van der Waals surface area contributed by atoms with Crippen molar-refractivity contribution in [1.82, 2.24) is 10.2 Å². The lowest BCUT2D eigenvalue weighted by Crippen LogP contribution is -2.41.